The van der Waals surface area contributed by atoms with E-state index in [0.29, 0.717) is 41.9 Å². The summed E-state index contributed by atoms with van der Waals surface area (Å²) in [4.78, 5) is 28.2. The number of phenolic OH excluding ortho intramolecular Hbond substituents is 1. The maximum atomic E-state index is 13.6. The summed E-state index contributed by atoms with van der Waals surface area (Å²) in [7, 11) is 1.47. The quantitative estimate of drug-likeness (QED) is 0.568. The first-order valence-electron chi connectivity index (χ1n) is 11.9. The van der Waals surface area contributed by atoms with Crippen LogP contribution < -0.4 is 10.1 Å². The van der Waals surface area contributed by atoms with Crippen LogP contribution in [-0.4, -0.2) is 43.3 Å². The van der Waals surface area contributed by atoms with Crippen molar-refractivity contribution in [2.75, 3.05) is 20.3 Å². The molecule has 35 heavy (non-hydrogen) atoms. The summed E-state index contributed by atoms with van der Waals surface area (Å²) in [5.41, 5.74) is 3.18. The monoisotopic (exact) mass is 495 g/mol. The van der Waals surface area contributed by atoms with Gasteiger partial charge in [0, 0.05) is 46.7 Å². The highest BCUT2D eigenvalue weighted by Gasteiger charge is 2.42. The molecule has 184 valence electrons. The molecule has 1 fully saturated rings. The molecule has 0 unspecified atom stereocenters. The first-order valence-corrected chi connectivity index (χ1v) is 12.8. The van der Waals surface area contributed by atoms with Gasteiger partial charge in [-0.2, -0.15) is 0 Å². The van der Waals surface area contributed by atoms with Crippen molar-refractivity contribution in [1.29, 1.82) is 0 Å². The number of dihydropyridines is 1. The van der Waals surface area contributed by atoms with Gasteiger partial charge in [0.05, 0.1) is 18.8 Å². The molecular formula is C27H29NO6S. The Morgan fingerprint density at radius 1 is 1.29 bits per heavy atom. The fraction of sp³-hybridized carbons (Fsp3) is 0.407. The molecule has 1 saturated heterocycles. The number of methoxy groups -OCH3 is 1. The van der Waals surface area contributed by atoms with Gasteiger partial charge in [0.2, 0.25) is 0 Å². The van der Waals surface area contributed by atoms with Gasteiger partial charge >= 0.3 is 5.97 Å². The minimum Gasteiger partial charge on any atom is -0.504 e. The molecule has 0 radical (unpaired) electrons. The van der Waals surface area contributed by atoms with Gasteiger partial charge in [0.25, 0.3) is 0 Å². The highest BCUT2D eigenvalue weighted by Crippen LogP contribution is 2.47. The molecule has 2 N–H and O–H groups in total. The van der Waals surface area contributed by atoms with Crippen molar-refractivity contribution in [3.63, 3.8) is 0 Å². The van der Waals surface area contributed by atoms with Gasteiger partial charge < -0.3 is 24.6 Å². The van der Waals surface area contributed by atoms with Gasteiger partial charge in [0.1, 0.15) is 6.61 Å². The zero-order valence-electron chi connectivity index (χ0n) is 19.8. The molecule has 3 atom stereocenters. The second kappa shape index (κ2) is 9.87. The summed E-state index contributed by atoms with van der Waals surface area (Å²) >= 11 is 1.65. The number of ketones is 1. The van der Waals surface area contributed by atoms with E-state index in [-0.39, 0.29) is 35.9 Å². The van der Waals surface area contributed by atoms with Crippen molar-refractivity contribution in [3.05, 3.63) is 68.7 Å². The van der Waals surface area contributed by atoms with E-state index < -0.39 is 11.9 Å². The molecule has 7 nitrogen and oxygen atoms in total. The fourth-order valence-corrected chi connectivity index (χ4v) is 6.09. The third kappa shape index (κ3) is 4.60. The number of rotatable bonds is 6. The largest absolute Gasteiger partial charge is 0.504 e. The smallest absolute Gasteiger partial charge is 0.336 e. The number of esters is 1. The molecule has 0 spiro atoms. The Balaban J connectivity index is 1.53. The topological polar surface area (TPSA) is 94.1 Å². The van der Waals surface area contributed by atoms with Crippen LogP contribution in [0, 0.1) is 0 Å². The van der Waals surface area contributed by atoms with E-state index in [4.69, 9.17) is 14.2 Å². The lowest BCUT2D eigenvalue weighted by Gasteiger charge is -2.36. The average Bonchev–Trinajstić information content (AvgIpc) is 3.56. The summed E-state index contributed by atoms with van der Waals surface area (Å²) in [5, 5.41) is 15.6. The molecule has 8 heteroatoms. The molecule has 1 aromatic heterocycles. The second-order valence-electron chi connectivity index (χ2n) is 9.20. The number of phenols is 1. The van der Waals surface area contributed by atoms with E-state index in [2.05, 4.69) is 11.4 Å². The fourth-order valence-electron chi connectivity index (χ4n) is 5.26. The normalized spacial score (nSPS) is 24.3. The number of allylic oxidation sites excluding steroid dienone is 3. The molecular weight excluding hydrogens is 466 g/mol. The van der Waals surface area contributed by atoms with Crippen molar-refractivity contribution in [3.8, 4) is 11.5 Å². The van der Waals surface area contributed by atoms with Crippen LogP contribution in [0.25, 0.3) is 0 Å². The molecule has 0 saturated carbocycles. The summed E-state index contributed by atoms with van der Waals surface area (Å²) in [5.74, 6) is -0.699. The molecule has 2 aromatic rings. The lowest BCUT2D eigenvalue weighted by atomic mass is 9.72. The molecule has 0 amide bonds. The molecule has 0 bridgehead atoms. The van der Waals surface area contributed by atoms with E-state index in [1.807, 2.05) is 18.4 Å². The van der Waals surface area contributed by atoms with Crippen molar-refractivity contribution in [2.24, 2.45) is 0 Å². The third-order valence-electron chi connectivity index (χ3n) is 6.95. The number of benzene rings is 1. The summed E-state index contributed by atoms with van der Waals surface area (Å²) in [6.07, 6.45) is 2.78. The maximum Gasteiger partial charge on any atom is 0.336 e. The van der Waals surface area contributed by atoms with Gasteiger partial charge in [0.15, 0.2) is 17.3 Å². The predicted octanol–water partition coefficient (Wildman–Crippen LogP) is 4.55. The van der Waals surface area contributed by atoms with Crippen LogP contribution in [-0.2, 0) is 19.1 Å². The lowest BCUT2D eigenvalue weighted by molar-refractivity contribution is -0.142. The van der Waals surface area contributed by atoms with E-state index in [0.717, 1.165) is 18.5 Å². The Morgan fingerprint density at radius 3 is 2.86 bits per heavy atom. The summed E-state index contributed by atoms with van der Waals surface area (Å²) in [6.45, 7) is 2.70. The Kier molecular flexibility index (Phi) is 6.67. The number of aromatic hydroxyl groups is 1. The first kappa shape index (κ1) is 23.6. The number of carbonyl (C=O) groups excluding carboxylic acids is 2. The van der Waals surface area contributed by atoms with E-state index >= 15 is 0 Å². The van der Waals surface area contributed by atoms with E-state index in [9.17, 15) is 14.7 Å². The van der Waals surface area contributed by atoms with Gasteiger partial charge in [-0.1, -0.05) is 12.1 Å². The second-order valence-corrected chi connectivity index (χ2v) is 10.2. The molecule has 2 aliphatic heterocycles. The number of hydrogen-bond donors (Lipinski definition) is 2. The Labute approximate surface area is 208 Å². The maximum absolute atomic E-state index is 13.6. The number of thiophene rings is 1. The van der Waals surface area contributed by atoms with Crippen molar-refractivity contribution in [1.82, 2.24) is 5.32 Å². The Morgan fingerprint density at radius 2 is 2.14 bits per heavy atom. The van der Waals surface area contributed by atoms with Crippen molar-refractivity contribution < 1.29 is 28.9 Å². The molecule has 1 aromatic carbocycles. The highest BCUT2D eigenvalue weighted by molar-refractivity contribution is 7.10. The Hall–Kier alpha value is -3.10. The van der Waals surface area contributed by atoms with Crippen molar-refractivity contribution in [2.45, 2.75) is 50.5 Å². The average molecular weight is 496 g/mol. The summed E-state index contributed by atoms with van der Waals surface area (Å²) < 4.78 is 16.6. The van der Waals surface area contributed by atoms with Crippen LogP contribution in [0.1, 0.15) is 54.9 Å². The van der Waals surface area contributed by atoms with Gasteiger partial charge in [-0.15, -0.1) is 11.3 Å². The minimum atomic E-state index is -0.616. The van der Waals surface area contributed by atoms with Gasteiger partial charge in [-0.25, -0.2) is 4.79 Å². The number of ether oxygens (including phenoxy) is 3. The number of hydrogen-bond acceptors (Lipinski definition) is 8. The number of Topliss-reactive ketones (excluding diaryl/α,β-unsaturated/α-hetero) is 1. The van der Waals surface area contributed by atoms with Gasteiger partial charge in [-0.05, 0) is 55.3 Å². The van der Waals surface area contributed by atoms with Crippen LogP contribution in [0.3, 0.4) is 0 Å². The SMILES string of the molecule is COc1cc([C@@H]2C(C(=O)OC[C@H]3CCCO3)=C(C)NC3=C2C(=O)C[C@H](c2cccs2)C3)ccc1O. The van der Waals surface area contributed by atoms with Crippen molar-refractivity contribution >= 4 is 23.1 Å². The van der Waals surface area contributed by atoms with E-state index in [1.54, 1.807) is 23.5 Å². The summed E-state index contributed by atoms with van der Waals surface area (Å²) in [6, 6.07) is 9.02. The van der Waals surface area contributed by atoms with E-state index in [1.165, 1.54) is 18.1 Å². The lowest BCUT2D eigenvalue weighted by Crippen LogP contribution is -2.36. The molecule has 5 rings (SSSR count). The zero-order chi connectivity index (χ0) is 24.5. The third-order valence-corrected chi connectivity index (χ3v) is 7.99. The number of carbonyl (C=O) groups is 2. The minimum absolute atomic E-state index is 0.00433. The van der Waals surface area contributed by atoms with Crippen LogP contribution in [0.15, 0.2) is 58.3 Å². The molecule has 1 aliphatic carbocycles. The van der Waals surface area contributed by atoms with Crippen LogP contribution in [0.2, 0.25) is 0 Å². The molecule has 3 aliphatic rings. The highest BCUT2D eigenvalue weighted by atomic mass is 32.1. The standard InChI is InChI=1S/C27H29NO6S/c1-15-24(27(31)34-14-18-5-3-9-33-18)25(16-7-8-20(29)22(13-16)32-2)26-19(28-15)11-17(12-21(26)30)23-6-4-10-35-23/h4,6-8,10,13,17-18,25,28-29H,3,5,9,11-12,14H2,1-2H3/t17-,18-,25-/m1/s1. The van der Waals surface area contributed by atoms with Crippen LogP contribution in [0.4, 0.5) is 0 Å². The van der Waals surface area contributed by atoms with Crippen LogP contribution >= 0.6 is 11.3 Å². The van der Waals surface area contributed by atoms with Gasteiger partial charge in [-0.3, -0.25) is 4.79 Å². The Bertz CT molecular complexity index is 1190. The molecule has 3 heterocycles. The first-order chi connectivity index (χ1) is 17.0. The number of nitrogens with one attached hydrogen (secondary N) is 1. The predicted molar refractivity (Wildman–Crippen MR) is 131 cm³/mol. The zero-order valence-corrected chi connectivity index (χ0v) is 20.7. The van der Waals surface area contributed by atoms with Crippen LogP contribution in [0.5, 0.6) is 11.5 Å².